The van der Waals surface area contributed by atoms with Crippen LogP contribution in [0.4, 0.5) is 0 Å². The lowest BCUT2D eigenvalue weighted by molar-refractivity contribution is 0.0944. The fourth-order valence-electron chi connectivity index (χ4n) is 1.26. The van der Waals surface area contributed by atoms with Crippen molar-refractivity contribution in [3.8, 4) is 0 Å². The smallest absolute Gasteiger partial charge is 0.271 e. The largest absolute Gasteiger partial charge is 0.385 e. The zero-order valence-corrected chi connectivity index (χ0v) is 9.48. The molecule has 0 bridgehead atoms. The number of hydrogen-bond acceptors (Lipinski definition) is 4. The molecule has 90 valence electrons. The third-order valence-corrected chi connectivity index (χ3v) is 2.06. The van der Waals surface area contributed by atoms with Gasteiger partial charge in [0.2, 0.25) is 0 Å². The fraction of sp³-hybridized carbons (Fsp3) is 0.600. The molecule has 0 spiro atoms. The summed E-state index contributed by atoms with van der Waals surface area (Å²) in [7, 11) is 1.64. The monoisotopic (exact) mass is 226 g/mol. The van der Waals surface area contributed by atoms with E-state index in [-0.39, 0.29) is 5.91 Å². The molecular formula is C10H18N4O2. The number of hydrogen-bond donors (Lipinski definition) is 2. The molecule has 3 N–H and O–H groups in total. The van der Waals surface area contributed by atoms with E-state index < -0.39 is 0 Å². The molecule has 1 amide bonds. The van der Waals surface area contributed by atoms with Crippen molar-refractivity contribution < 1.29 is 9.53 Å². The Hall–Kier alpha value is -1.40. The van der Waals surface area contributed by atoms with Crippen LogP contribution in [0.3, 0.4) is 0 Å². The number of amides is 1. The third-order valence-electron chi connectivity index (χ3n) is 2.06. The lowest BCUT2D eigenvalue weighted by atomic mass is 10.4. The number of aromatic nitrogens is 2. The van der Waals surface area contributed by atoms with Gasteiger partial charge in [0.25, 0.3) is 5.91 Å². The zero-order chi connectivity index (χ0) is 11.8. The van der Waals surface area contributed by atoms with E-state index in [1.54, 1.807) is 24.2 Å². The Kier molecular flexibility index (Phi) is 5.52. The Morgan fingerprint density at radius 2 is 2.50 bits per heavy atom. The van der Waals surface area contributed by atoms with Crippen LogP contribution in [0.2, 0.25) is 0 Å². The number of nitrogens with two attached hydrogens (primary N) is 1. The maximum Gasteiger partial charge on any atom is 0.271 e. The fourth-order valence-corrected chi connectivity index (χ4v) is 1.26. The van der Waals surface area contributed by atoms with Crippen molar-refractivity contribution in [3.63, 3.8) is 0 Å². The molecule has 0 atom stereocenters. The Morgan fingerprint density at radius 3 is 3.19 bits per heavy atom. The van der Waals surface area contributed by atoms with Crippen molar-refractivity contribution in [2.75, 3.05) is 26.8 Å². The van der Waals surface area contributed by atoms with Gasteiger partial charge in [-0.3, -0.25) is 4.79 Å². The van der Waals surface area contributed by atoms with Gasteiger partial charge in [0, 0.05) is 39.5 Å². The number of imidazole rings is 1. The molecule has 0 unspecified atom stereocenters. The van der Waals surface area contributed by atoms with Crippen molar-refractivity contribution >= 4 is 5.91 Å². The van der Waals surface area contributed by atoms with Crippen molar-refractivity contribution in [3.05, 3.63) is 18.2 Å². The van der Waals surface area contributed by atoms with E-state index in [1.165, 1.54) is 0 Å². The normalized spacial score (nSPS) is 10.4. The van der Waals surface area contributed by atoms with E-state index in [0.29, 0.717) is 31.9 Å². The molecular weight excluding hydrogens is 208 g/mol. The number of ether oxygens (including phenoxy) is 1. The molecule has 6 heteroatoms. The maximum atomic E-state index is 11.6. The molecule has 1 heterocycles. The third kappa shape index (κ3) is 4.00. The van der Waals surface area contributed by atoms with Gasteiger partial charge in [-0.05, 0) is 6.42 Å². The Bertz CT molecular complexity index is 324. The lowest BCUT2D eigenvalue weighted by Gasteiger charge is -2.02. The minimum Gasteiger partial charge on any atom is -0.385 e. The van der Waals surface area contributed by atoms with E-state index in [1.807, 2.05) is 0 Å². The van der Waals surface area contributed by atoms with Crippen molar-refractivity contribution in [2.45, 2.75) is 13.0 Å². The number of nitrogens with one attached hydrogen (secondary N) is 1. The number of nitrogens with zero attached hydrogens (tertiary/aromatic N) is 2. The molecule has 0 radical (unpaired) electrons. The summed E-state index contributed by atoms with van der Waals surface area (Å²) in [6, 6.07) is 0. The standard InChI is InChI=1S/C10H18N4O2/c1-16-6-2-4-12-10(15)9-7-14(5-3-11)8-13-9/h7-8H,2-6,11H2,1H3,(H,12,15). The second-order valence-electron chi connectivity index (χ2n) is 3.39. The van der Waals surface area contributed by atoms with Gasteiger partial charge >= 0.3 is 0 Å². The Labute approximate surface area is 94.8 Å². The van der Waals surface area contributed by atoms with Crippen LogP contribution in [0.5, 0.6) is 0 Å². The summed E-state index contributed by atoms with van der Waals surface area (Å²) in [6.45, 7) is 2.44. The maximum absolute atomic E-state index is 11.6. The predicted octanol–water partition coefficient (Wildman–Crippen LogP) is -0.392. The summed E-state index contributed by atoms with van der Waals surface area (Å²) in [5.74, 6) is -0.160. The van der Waals surface area contributed by atoms with Gasteiger partial charge in [-0.1, -0.05) is 0 Å². The van der Waals surface area contributed by atoms with Crippen molar-refractivity contribution in [2.24, 2.45) is 5.73 Å². The van der Waals surface area contributed by atoms with Crippen LogP contribution in [0.25, 0.3) is 0 Å². The first-order valence-corrected chi connectivity index (χ1v) is 5.27. The van der Waals surface area contributed by atoms with Gasteiger partial charge in [-0.15, -0.1) is 0 Å². The van der Waals surface area contributed by atoms with Gasteiger partial charge in [0.15, 0.2) is 0 Å². The molecule has 6 nitrogen and oxygen atoms in total. The average Bonchev–Trinajstić information content (AvgIpc) is 2.73. The number of methoxy groups -OCH3 is 1. The Morgan fingerprint density at radius 1 is 1.69 bits per heavy atom. The summed E-state index contributed by atoms with van der Waals surface area (Å²) in [5, 5.41) is 2.76. The number of carbonyl (C=O) groups excluding carboxylic acids is 1. The van der Waals surface area contributed by atoms with Crippen molar-refractivity contribution in [1.82, 2.24) is 14.9 Å². The van der Waals surface area contributed by atoms with Gasteiger partial charge in [0.1, 0.15) is 5.69 Å². The zero-order valence-electron chi connectivity index (χ0n) is 9.48. The van der Waals surface area contributed by atoms with Crippen LogP contribution < -0.4 is 11.1 Å². The first-order chi connectivity index (χ1) is 7.77. The van der Waals surface area contributed by atoms with Crippen LogP contribution in [0.15, 0.2) is 12.5 Å². The molecule has 0 saturated heterocycles. The minimum absolute atomic E-state index is 0.160. The highest BCUT2D eigenvalue weighted by Gasteiger charge is 2.07. The lowest BCUT2D eigenvalue weighted by Crippen LogP contribution is -2.25. The molecule has 0 fully saturated rings. The molecule has 16 heavy (non-hydrogen) atoms. The molecule has 0 aromatic carbocycles. The number of rotatable bonds is 7. The van der Waals surface area contributed by atoms with Gasteiger partial charge in [-0.25, -0.2) is 4.98 Å². The quantitative estimate of drug-likeness (QED) is 0.620. The van der Waals surface area contributed by atoms with E-state index in [0.717, 1.165) is 6.42 Å². The molecule has 1 rings (SSSR count). The average molecular weight is 226 g/mol. The van der Waals surface area contributed by atoms with Crippen molar-refractivity contribution in [1.29, 1.82) is 0 Å². The van der Waals surface area contributed by atoms with Gasteiger partial charge in [-0.2, -0.15) is 0 Å². The second kappa shape index (κ2) is 6.97. The predicted molar refractivity (Wildman–Crippen MR) is 60.1 cm³/mol. The highest BCUT2D eigenvalue weighted by Crippen LogP contribution is 1.95. The molecule has 0 aliphatic heterocycles. The summed E-state index contributed by atoms with van der Waals surface area (Å²) >= 11 is 0. The summed E-state index contributed by atoms with van der Waals surface area (Å²) in [5.41, 5.74) is 5.82. The summed E-state index contributed by atoms with van der Waals surface area (Å²) in [4.78, 5) is 15.6. The summed E-state index contributed by atoms with van der Waals surface area (Å²) in [6.07, 6.45) is 4.10. The van der Waals surface area contributed by atoms with Crippen LogP contribution >= 0.6 is 0 Å². The van der Waals surface area contributed by atoms with E-state index in [9.17, 15) is 4.79 Å². The van der Waals surface area contributed by atoms with Crippen LogP contribution in [-0.2, 0) is 11.3 Å². The van der Waals surface area contributed by atoms with Crippen LogP contribution in [-0.4, -0.2) is 42.3 Å². The van der Waals surface area contributed by atoms with E-state index in [4.69, 9.17) is 10.5 Å². The van der Waals surface area contributed by atoms with E-state index >= 15 is 0 Å². The summed E-state index contributed by atoms with van der Waals surface area (Å²) < 4.78 is 6.68. The van der Waals surface area contributed by atoms with E-state index in [2.05, 4.69) is 10.3 Å². The van der Waals surface area contributed by atoms with Crippen LogP contribution in [0, 0.1) is 0 Å². The van der Waals surface area contributed by atoms with Gasteiger partial charge in [0.05, 0.1) is 6.33 Å². The molecule has 1 aromatic heterocycles. The highest BCUT2D eigenvalue weighted by molar-refractivity contribution is 5.91. The van der Waals surface area contributed by atoms with Gasteiger partial charge < -0.3 is 20.4 Å². The molecule has 0 aliphatic rings. The number of carbonyl (C=O) groups is 1. The minimum atomic E-state index is -0.160. The first-order valence-electron chi connectivity index (χ1n) is 5.27. The topological polar surface area (TPSA) is 82.2 Å². The highest BCUT2D eigenvalue weighted by atomic mass is 16.5. The molecule has 1 aromatic rings. The SMILES string of the molecule is COCCCNC(=O)c1cn(CCN)cn1. The molecule has 0 saturated carbocycles. The van der Waals surface area contributed by atoms with Crippen LogP contribution in [0.1, 0.15) is 16.9 Å². The second-order valence-corrected chi connectivity index (χ2v) is 3.39. The first kappa shape index (κ1) is 12.7. The Balaban J connectivity index is 2.34. The molecule has 0 aliphatic carbocycles.